The summed E-state index contributed by atoms with van der Waals surface area (Å²) in [4.78, 5) is 15.0. The van der Waals surface area contributed by atoms with Crippen LogP contribution in [0.2, 0.25) is 0 Å². The van der Waals surface area contributed by atoms with E-state index in [9.17, 15) is 4.79 Å². The van der Waals surface area contributed by atoms with Crippen LogP contribution in [0.1, 0.15) is 4.88 Å². The molecule has 0 bridgehead atoms. The van der Waals surface area contributed by atoms with Gasteiger partial charge in [-0.25, -0.2) is 0 Å². The molecular formula is C13H17N5OS2. The number of nitrogen functional groups attached to an aromatic ring is 1. The van der Waals surface area contributed by atoms with Crippen molar-refractivity contribution in [2.45, 2.75) is 18.2 Å². The molecule has 0 aromatic carbocycles. The Balaban J connectivity index is 1.90. The molecule has 112 valence electrons. The van der Waals surface area contributed by atoms with Gasteiger partial charge in [0.1, 0.15) is 0 Å². The van der Waals surface area contributed by atoms with E-state index in [1.807, 2.05) is 17.5 Å². The van der Waals surface area contributed by atoms with E-state index < -0.39 is 0 Å². The first-order valence-corrected chi connectivity index (χ1v) is 8.17. The van der Waals surface area contributed by atoms with Gasteiger partial charge in [0.25, 0.3) is 0 Å². The van der Waals surface area contributed by atoms with E-state index in [4.69, 9.17) is 5.73 Å². The Kier molecular flexibility index (Phi) is 5.40. The first kappa shape index (κ1) is 15.6. The number of aromatic nitrogens is 3. The van der Waals surface area contributed by atoms with Crippen LogP contribution in [-0.2, 0) is 17.9 Å². The van der Waals surface area contributed by atoms with Crippen molar-refractivity contribution in [3.8, 4) is 0 Å². The summed E-state index contributed by atoms with van der Waals surface area (Å²) < 4.78 is 1.73. The minimum atomic E-state index is 0.0418. The van der Waals surface area contributed by atoms with Crippen molar-refractivity contribution in [1.82, 2.24) is 19.7 Å². The summed E-state index contributed by atoms with van der Waals surface area (Å²) in [6.07, 6.45) is 1.72. The highest BCUT2D eigenvalue weighted by atomic mass is 32.2. The molecule has 0 aliphatic heterocycles. The number of carbonyl (C=O) groups is 1. The molecule has 2 aromatic rings. The van der Waals surface area contributed by atoms with Crippen LogP contribution < -0.4 is 5.73 Å². The molecule has 0 unspecified atom stereocenters. The fraction of sp³-hybridized carbons (Fsp3) is 0.308. The summed E-state index contributed by atoms with van der Waals surface area (Å²) in [6.45, 7) is 4.82. The van der Waals surface area contributed by atoms with Gasteiger partial charge >= 0.3 is 0 Å². The minimum absolute atomic E-state index is 0.0418. The Hall–Kier alpha value is -1.80. The lowest BCUT2D eigenvalue weighted by molar-refractivity contribution is -0.127. The standard InChI is InChI=1S/C13H17N5OS2/c1-3-6-18-12(14)15-16-13(18)21-9-11(19)17(2)8-10-5-4-7-20-10/h3-5,7H,1,6,8-9H2,2H3,(H2,14,15). The SMILES string of the molecule is C=CCn1c(N)nnc1SCC(=O)N(C)Cc1cccs1. The first-order chi connectivity index (χ1) is 10.1. The van der Waals surface area contributed by atoms with Gasteiger partial charge < -0.3 is 10.6 Å². The normalized spacial score (nSPS) is 10.5. The molecule has 0 radical (unpaired) electrons. The Bertz CT molecular complexity index is 608. The summed E-state index contributed by atoms with van der Waals surface area (Å²) in [5, 5.41) is 10.4. The molecule has 2 aromatic heterocycles. The molecule has 0 spiro atoms. The number of thioether (sulfide) groups is 1. The highest BCUT2D eigenvalue weighted by molar-refractivity contribution is 7.99. The number of amides is 1. The van der Waals surface area contributed by atoms with Crippen LogP contribution in [0.5, 0.6) is 0 Å². The number of nitrogens with zero attached hydrogens (tertiary/aromatic N) is 4. The van der Waals surface area contributed by atoms with Crippen molar-refractivity contribution < 1.29 is 4.79 Å². The maximum absolute atomic E-state index is 12.1. The number of hydrogen-bond acceptors (Lipinski definition) is 6. The van der Waals surface area contributed by atoms with E-state index in [1.54, 1.807) is 33.9 Å². The monoisotopic (exact) mass is 323 g/mol. The molecule has 2 N–H and O–H groups in total. The van der Waals surface area contributed by atoms with E-state index in [0.717, 1.165) is 4.88 Å². The predicted octanol–water partition coefficient (Wildman–Crippen LogP) is 1.86. The fourth-order valence-corrected chi connectivity index (χ4v) is 3.32. The van der Waals surface area contributed by atoms with Gasteiger partial charge in [-0.15, -0.1) is 28.1 Å². The van der Waals surface area contributed by atoms with Crippen molar-refractivity contribution in [1.29, 1.82) is 0 Å². The number of hydrogen-bond donors (Lipinski definition) is 1. The number of allylic oxidation sites excluding steroid dienone is 1. The van der Waals surface area contributed by atoms with Crippen LogP contribution in [0.25, 0.3) is 0 Å². The number of nitrogens with two attached hydrogens (primary N) is 1. The van der Waals surface area contributed by atoms with Gasteiger partial charge in [-0.1, -0.05) is 23.9 Å². The second-order valence-corrected chi connectivity index (χ2v) is 6.33. The van der Waals surface area contributed by atoms with E-state index in [2.05, 4.69) is 16.8 Å². The Labute approximate surface area is 131 Å². The topological polar surface area (TPSA) is 77.0 Å². The Morgan fingerprint density at radius 2 is 2.43 bits per heavy atom. The first-order valence-electron chi connectivity index (χ1n) is 6.30. The van der Waals surface area contributed by atoms with E-state index in [-0.39, 0.29) is 5.91 Å². The smallest absolute Gasteiger partial charge is 0.233 e. The molecule has 0 saturated heterocycles. The minimum Gasteiger partial charge on any atom is -0.368 e. The number of rotatable bonds is 7. The van der Waals surface area contributed by atoms with Gasteiger partial charge in [-0.05, 0) is 11.4 Å². The molecular weight excluding hydrogens is 306 g/mol. The number of thiophene rings is 1. The zero-order chi connectivity index (χ0) is 15.2. The van der Waals surface area contributed by atoms with Gasteiger partial charge in [-0.3, -0.25) is 9.36 Å². The Morgan fingerprint density at radius 3 is 3.10 bits per heavy atom. The average molecular weight is 323 g/mol. The van der Waals surface area contributed by atoms with Crippen LogP contribution in [0.3, 0.4) is 0 Å². The largest absolute Gasteiger partial charge is 0.368 e. The summed E-state index contributed by atoms with van der Waals surface area (Å²) in [6, 6.07) is 4.00. The summed E-state index contributed by atoms with van der Waals surface area (Å²) in [7, 11) is 1.80. The van der Waals surface area contributed by atoms with Gasteiger partial charge in [0.2, 0.25) is 11.9 Å². The third-order valence-electron chi connectivity index (χ3n) is 2.78. The van der Waals surface area contributed by atoms with Gasteiger partial charge in [0.05, 0.1) is 12.3 Å². The van der Waals surface area contributed by atoms with Crippen LogP contribution in [0.15, 0.2) is 35.3 Å². The third-order valence-corrected chi connectivity index (χ3v) is 4.59. The summed E-state index contributed by atoms with van der Waals surface area (Å²) in [5.41, 5.74) is 5.72. The lowest BCUT2D eigenvalue weighted by Crippen LogP contribution is -2.27. The third kappa shape index (κ3) is 4.08. The second-order valence-electron chi connectivity index (χ2n) is 4.36. The predicted molar refractivity (Wildman–Crippen MR) is 86.1 cm³/mol. The van der Waals surface area contributed by atoms with Crippen molar-refractivity contribution in [3.63, 3.8) is 0 Å². The number of anilines is 1. The van der Waals surface area contributed by atoms with Crippen molar-refractivity contribution >= 4 is 35.0 Å². The van der Waals surface area contributed by atoms with Crippen molar-refractivity contribution in [2.24, 2.45) is 0 Å². The maximum Gasteiger partial charge on any atom is 0.233 e. The van der Waals surface area contributed by atoms with Crippen molar-refractivity contribution in [2.75, 3.05) is 18.5 Å². The highest BCUT2D eigenvalue weighted by Crippen LogP contribution is 2.19. The van der Waals surface area contributed by atoms with Crippen molar-refractivity contribution in [3.05, 3.63) is 35.0 Å². The average Bonchev–Trinajstić information content (AvgIpc) is 3.08. The van der Waals surface area contributed by atoms with Crippen LogP contribution in [-0.4, -0.2) is 38.4 Å². The van der Waals surface area contributed by atoms with Gasteiger partial charge in [0, 0.05) is 18.5 Å². The summed E-state index contributed by atoms with van der Waals surface area (Å²) in [5.74, 6) is 0.675. The summed E-state index contributed by atoms with van der Waals surface area (Å²) >= 11 is 2.97. The zero-order valence-electron chi connectivity index (χ0n) is 11.7. The fourth-order valence-electron chi connectivity index (χ4n) is 1.67. The lowest BCUT2D eigenvalue weighted by atomic mass is 10.4. The molecule has 2 rings (SSSR count). The maximum atomic E-state index is 12.1. The van der Waals surface area contributed by atoms with Crippen LogP contribution in [0, 0.1) is 0 Å². The van der Waals surface area contributed by atoms with Gasteiger partial charge in [0.15, 0.2) is 5.16 Å². The zero-order valence-corrected chi connectivity index (χ0v) is 13.4. The molecule has 0 aliphatic carbocycles. The van der Waals surface area contributed by atoms with Crippen LogP contribution in [0.4, 0.5) is 5.95 Å². The second kappa shape index (κ2) is 7.28. The molecule has 21 heavy (non-hydrogen) atoms. The molecule has 2 heterocycles. The molecule has 0 atom stereocenters. The molecule has 8 heteroatoms. The Morgan fingerprint density at radius 1 is 1.62 bits per heavy atom. The quantitative estimate of drug-likeness (QED) is 0.621. The number of carbonyl (C=O) groups excluding carboxylic acids is 1. The highest BCUT2D eigenvalue weighted by Gasteiger charge is 2.14. The molecule has 0 fully saturated rings. The lowest BCUT2D eigenvalue weighted by Gasteiger charge is -2.15. The molecule has 6 nitrogen and oxygen atoms in total. The molecule has 1 amide bonds. The van der Waals surface area contributed by atoms with E-state index in [1.165, 1.54) is 11.8 Å². The molecule has 0 saturated carbocycles. The van der Waals surface area contributed by atoms with Gasteiger partial charge in [-0.2, -0.15) is 0 Å². The van der Waals surface area contributed by atoms with Crippen LogP contribution >= 0.6 is 23.1 Å². The van der Waals surface area contributed by atoms with E-state index in [0.29, 0.717) is 29.9 Å². The van der Waals surface area contributed by atoms with E-state index >= 15 is 0 Å². The molecule has 0 aliphatic rings.